The van der Waals surface area contributed by atoms with E-state index >= 15 is 0 Å². The molecule has 0 atom stereocenters. The van der Waals surface area contributed by atoms with Gasteiger partial charge in [-0.05, 0) is 48.0 Å². The van der Waals surface area contributed by atoms with Crippen LogP contribution < -0.4 is 15.6 Å². The van der Waals surface area contributed by atoms with Crippen LogP contribution in [0.1, 0.15) is 11.3 Å². The van der Waals surface area contributed by atoms with E-state index in [9.17, 15) is 4.79 Å². The lowest BCUT2D eigenvalue weighted by atomic mass is 10.2. The van der Waals surface area contributed by atoms with Gasteiger partial charge in [0.15, 0.2) is 0 Å². The molecule has 0 aliphatic heterocycles. The lowest BCUT2D eigenvalue weighted by Gasteiger charge is -2.09. The maximum Gasteiger partial charge on any atom is 0.248 e. The highest BCUT2D eigenvalue weighted by molar-refractivity contribution is 6.30. The molecule has 2 aromatic carbocycles. The first kappa shape index (κ1) is 18.0. The van der Waals surface area contributed by atoms with E-state index in [1.54, 1.807) is 12.3 Å². The van der Waals surface area contributed by atoms with Gasteiger partial charge in [0, 0.05) is 34.7 Å². The Balaban J connectivity index is 1.39. The third-order valence-electron chi connectivity index (χ3n) is 4.16. The van der Waals surface area contributed by atoms with E-state index < -0.39 is 0 Å². The molecule has 2 aromatic heterocycles. The second-order valence-corrected chi connectivity index (χ2v) is 6.65. The number of rotatable bonds is 6. The van der Waals surface area contributed by atoms with Gasteiger partial charge in [0.05, 0.1) is 5.69 Å². The van der Waals surface area contributed by atoms with Gasteiger partial charge in [-0.1, -0.05) is 23.7 Å². The number of halogens is 1. The van der Waals surface area contributed by atoms with Crippen LogP contribution in [0.3, 0.4) is 0 Å². The second-order valence-electron chi connectivity index (χ2n) is 6.21. The highest BCUT2D eigenvalue weighted by Gasteiger charge is 2.03. The largest absolute Gasteiger partial charge is 0.487 e. The molecule has 4 rings (SSSR count). The summed E-state index contributed by atoms with van der Waals surface area (Å²) in [7, 11) is 0. The predicted octanol–water partition coefficient (Wildman–Crippen LogP) is 4.16. The van der Waals surface area contributed by atoms with Gasteiger partial charge in [-0.3, -0.25) is 4.79 Å². The maximum atomic E-state index is 11.4. The quantitative estimate of drug-likeness (QED) is 0.515. The lowest BCUT2D eigenvalue weighted by molar-refractivity contribution is 0.301. The minimum absolute atomic E-state index is 0.124. The van der Waals surface area contributed by atoms with Crippen LogP contribution >= 0.6 is 11.6 Å². The zero-order valence-electron chi connectivity index (χ0n) is 14.9. The number of H-pyrrole nitrogens is 1. The van der Waals surface area contributed by atoms with Crippen molar-refractivity contribution in [3.05, 3.63) is 93.5 Å². The van der Waals surface area contributed by atoms with E-state index in [0.29, 0.717) is 29.9 Å². The molecule has 0 bridgehead atoms. The van der Waals surface area contributed by atoms with Crippen LogP contribution in [0, 0.1) is 0 Å². The summed E-state index contributed by atoms with van der Waals surface area (Å²) in [5, 5.41) is 4.81. The fraction of sp³-hybridized carbons (Fsp3) is 0.0952. The molecule has 7 heteroatoms. The van der Waals surface area contributed by atoms with Crippen molar-refractivity contribution in [1.82, 2.24) is 15.0 Å². The van der Waals surface area contributed by atoms with Gasteiger partial charge >= 0.3 is 0 Å². The Labute approximate surface area is 166 Å². The molecule has 0 aliphatic rings. The minimum Gasteiger partial charge on any atom is -0.487 e. The summed E-state index contributed by atoms with van der Waals surface area (Å²) >= 11 is 5.90. The molecule has 0 fully saturated rings. The number of benzene rings is 2. The molecule has 4 aromatic rings. The van der Waals surface area contributed by atoms with Crippen LogP contribution in [0.5, 0.6) is 5.75 Å². The maximum absolute atomic E-state index is 11.4. The average Bonchev–Trinajstić information content (AvgIpc) is 2.72. The standard InChI is InChI=1S/C21H17ClN4O2/c22-16-4-1-14(2-5-16)12-24-21-23-10-9-17(25-21)13-28-18-6-7-19-15(11-18)3-8-20(27)26-19/h1-11H,12-13H2,(H,26,27)(H,23,24,25). The lowest BCUT2D eigenvalue weighted by Crippen LogP contribution is -2.06. The molecule has 0 unspecified atom stereocenters. The van der Waals surface area contributed by atoms with Gasteiger partial charge in [0.2, 0.25) is 11.5 Å². The molecule has 0 saturated carbocycles. The third kappa shape index (κ3) is 4.47. The Morgan fingerprint density at radius 3 is 2.75 bits per heavy atom. The minimum atomic E-state index is -0.124. The van der Waals surface area contributed by atoms with E-state index in [4.69, 9.17) is 16.3 Å². The smallest absolute Gasteiger partial charge is 0.248 e. The van der Waals surface area contributed by atoms with Gasteiger partial charge in [0.1, 0.15) is 12.4 Å². The van der Waals surface area contributed by atoms with E-state index in [1.807, 2.05) is 48.5 Å². The Bertz CT molecular complexity index is 1160. The van der Waals surface area contributed by atoms with Crippen molar-refractivity contribution in [3.63, 3.8) is 0 Å². The van der Waals surface area contributed by atoms with Crippen molar-refractivity contribution < 1.29 is 4.74 Å². The molecule has 0 radical (unpaired) electrons. The van der Waals surface area contributed by atoms with E-state index in [2.05, 4.69) is 20.3 Å². The summed E-state index contributed by atoms with van der Waals surface area (Å²) in [5.41, 5.74) is 2.50. The summed E-state index contributed by atoms with van der Waals surface area (Å²) in [6.07, 6.45) is 1.70. The Morgan fingerprint density at radius 1 is 1.04 bits per heavy atom. The Hall–Kier alpha value is -3.38. The number of nitrogens with zero attached hydrogens (tertiary/aromatic N) is 2. The first-order chi connectivity index (χ1) is 13.7. The highest BCUT2D eigenvalue weighted by atomic mass is 35.5. The zero-order valence-corrected chi connectivity index (χ0v) is 15.6. The molecule has 0 aliphatic carbocycles. The van der Waals surface area contributed by atoms with Gasteiger partial charge in [-0.25, -0.2) is 9.97 Å². The first-order valence-corrected chi connectivity index (χ1v) is 9.10. The third-order valence-corrected chi connectivity index (χ3v) is 4.41. The van der Waals surface area contributed by atoms with Crippen molar-refractivity contribution in [3.8, 4) is 5.75 Å². The van der Waals surface area contributed by atoms with Crippen LogP contribution in [-0.4, -0.2) is 15.0 Å². The monoisotopic (exact) mass is 392 g/mol. The molecule has 0 amide bonds. The summed E-state index contributed by atoms with van der Waals surface area (Å²) < 4.78 is 5.84. The number of aromatic amines is 1. The average molecular weight is 393 g/mol. The first-order valence-electron chi connectivity index (χ1n) is 8.72. The number of ether oxygens (including phenoxy) is 1. The molecular formula is C21H17ClN4O2. The second kappa shape index (κ2) is 8.10. The van der Waals surface area contributed by atoms with E-state index in [-0.39, 0.29) is 5.56 Å². The zero-order chi connectivity index (χ0) is 19.3. The molecule has 0 saturated heterocycles. The number of fused-ring (bicyclic) bond motifs is 1. The number of hydrogen-bond acceptors (Lipinski definition) is 5. The van der Waals surface area contributed by atoms with Gasteiger partial charge in [0.25, 0.3) is 0 Å². The summed E-state index contributed by atoms with van der Waals surface area (Å²) in [5.74, 6) is 1.24. The molecule has 6 nitrogen and oxygen atoms in total. The van der Waals surface area contributed by atoms with Crippen molar-refractivity contribution >= 4 is 28.5 Å². The number of aromatic nitrogens is 3. The van der Waals surface area contributed by atoms with Crippen LogP contribution in [0.15, 0.2) is 71.7 Å². The van der Waals surface area contributed by atoms with Gasteiger partial charge < -0.3 is 15.0 Å². The van der Waals surface area contributed by atoms with E-state index in [0.717, 1.165) is 22.2 Å². The summed E-state index contributed by atoms with van der Waals surface area (Å²) in [6, 6.07) is 18.2. The molecule has 140 valence electrons. The normalized spacial score (nSPS) is 10.8. The Morgan fingerprint density at radius 2 is 1.89 bits per heavy atom. The molecule has 2 N–H and O–H groups in total. The van der Waals surface area contributed by atoms with Crippen molar-refractivity contribution in [2.24, 2.45) is 0 Å². The fourth-order valence-electron chi connectivity index (χ4n) is 2.72. The summed E-state index contributed by atoms with van der Waals surface area (Å²) in [6.45, 7) is 0.914. The van der Waals surface area contributed by atoms with Crippen LogP contribution in [0.4, 0.5) is 5.95 Å². The highest BCUT2D eigenvalue weighted by Crippen LogP contribution is 2.19. The molecule has 2 heterocycles. The SMILES string of the molecule is O=c1ccc2cc(OCc3ccnc(NCc4ccc(Cl)cc4)n3)ccc2[nH]1. The topological polar surface area (TPSA) is 79.9 Å². The van der Waals surface area contributed by atoms with Crippen LogP contribution in [0.2, 0.25) is 5.02 Å². The number of anilines is 1. The van der Waals surface area contributed by atoms with Crippen LogP contribution in [0.25, 0.3) is 10.9 Å². The molecule has 28 heavy (non-hydrogen) atoms. The number of pyridine rings is 1. The molecule has 0 spiro atoms. The van der Waals surface area contributed by atoms with Crippen molar-refractivity contribution in [2.75, 3.05) is 5.32 Å². The predicted molar refractivity (Wildman–Crippen MR) is 110 cm³/mol. The van der Waals surface area contributed by atoms with Crippen LogP contribution in [-0.2, 0) is 13.2 Å². The van der Waals surface area contributed by atoms with E-state index in [1.165, 1.54) is 6.07 Å². The summed E-state index contributed by atoms with van der Waals surface area (Å²) in [4.78, 5) is 22.9. The van der Waals surface area contributed by atoms with Crippen molar-refractivity contribution in [1.29, 1.82) is 0 Å². The Kier molecular flexibility index (Phi) is 5.21. The number of hydrogen-bond donors (Lipinski definition) is 2. The van der Waals surface area contributed by atoms with Gasteiger partial charge in [-0.2, -0.15) is 0 Å². The number of nitrogens with one attached hydrogen (secondary N) is 2. The fourth-order valence-corrected chi connectivity index (χ4v) is 2.85. The van der Waals surface area contributed by atoms with Crippen molar-refractivity contribution in [2.45, 2.75) is 13.2 Å². The van der Waals surface area contributed by atoms with Gasteiger partial charge in [-0.15, -0.1) is 0 Å². The molecular weight excluding hydrogens is 376 g/mol.